The molecule has 86 valence electrons. The van der Waals surface area contributed by atoms with Crippen LogP contribution in [0.15, 0.2) is 0 Å². The van der Waals surface area contributed by atoms with Crippen molar-refractivity contribution in [2.75, 3.05) is 45.9 Å². The van der Waals surface area contributed by atoms with Crippen molar-refractivity contribution in [3.05, 3.63) is 0 Å². The Kier molecular flexibility index (Phi) is 11.5. The molecule has 0 spiro atoms. The zero-order valence-corrected chi connectivity index (χ0v) is 10.1. The van der Waals surface area contributed by atoms with Gasteiger partial charge in [-0.25, -0.2) is 0 Å². The molecule has 0 aromatic carbocycles. The Morgan fingerprint density at radius 1 is 1.07 bits per heavy atom. The minimum absolute atomic E-state index is 0.535. The molecule has 3 nitrogen and oxygen atoms in total. The van der Waals surface area contributed by atoms with Crippen LogP contribution in [-0.2, 0) is 14.2 Å². The van der Waals surface area contributed by atoms with Crippen molar-refractivity contribution in [1.29, 1.82) is 0 Å². The molecule has 0 aromatic rings. The average Bonchev–Trinajstić information content (AvgIpc) is 2.21. The normalized spacial score (nSPS) is 13.1. The number of thiol groups is 1. The number of ether oxygens (including phenoxy) is 3. The Morgan fingerprint density at radius 3 is 2.43 bits per heavy atom. The summed E-state index contributed by atoms with van der Waals surface area (Å²) in [6.45, 7) is 5.77. The van der Waals surface area contributed by atoms with Crippen LogP contribution < -0.4 is 0 Å². The number of hydrogen-bond acceptors (Lipinski definition) is 4. The fourth-order valence-corrected chi connectivity index (χ4v) is 0.950. The van der Waals surface area contributed by atoms with Crippen LogP contribution in [0.25, 0.3) is 0 Å². The highest BCUT2D eigenvalue weighted by Crippen LogP contribution is 1.98. The second-order valence-corrected chi connectivity index (χ2v) is 3.69. The van der Waals surface area contributed by atoms with Gasteiger partial charge in [0.25, 0.3) is 0 Å². The largest absolute Gasteiger partial charge is 0.382 e. The van der Waals surface area contributed by atoms with Crippen molar-refractivity contribution >= 4 is 12.6 Å². The van der Waals surface area contributed by atoms with Crippen molar-refractivity contribution < 1.29 is 14.2 Å². The summed E-state index contributed by atoms with van der Waals surface area (Å²) in [6, 6.07) is 0. The second kappa shape index (κ2) is 11.3. The van der Waals surface area contributed by atoms with Crippen LogP contribution in [0.4, 0.5) is 0 Å². The first-order chi connectivity index (χ1) is 6.81. The zero-order valence-electron chi connectivity index (χ0n) is 9.20. The first-order valence-corrected chi connectivity index (χ1v) is 5.69. The van der Waals surface area contributed by atoms with Crippen LogP contribution in [0.2, 0.25) is 0 Å². The predicted molar refractivity (Wildman–Crippen MR) is 61.1 cm³/mol. The molecule has 0 radical (unpaired) electrons. The van der Waals surface area contributed by atoms with E-state index in [2.05, 4.69) is 19.6 Å². The molecule has 0 aromatic heterocycles. The molecule has 0 fully saturated rings. The van der Waals surface area contributed by atoms with Gasteiger partial charge in [-0.05, 0) is 18.1 Å². The van der Waals surface area contributed by atoms with E-state index in [9.17, 15) is 0 Å². The van der Waals surface area contributed by atoms with Crippen LogP contribution in [0, 0.1) is 5.92 Å². The molecule has 0 aliphatic heterocycles. The Balaban J connectivity index is 2.92. The van der Waals surface area contributed by atoms with Gasteiger partial charge in [-0.3, -0.25) is 0 Å². The lowest BCUT2D eigenvalue weighted by molar-refractivity contribution is 0.0471. The molecule has 0 saturated carbocycles. The summed E-state index contributed by atoms with van der Waals surface area (Å²) in [4.78, 5) is 0. The maximum atomic E-state index is 5.43. The van der Waals surface area contributed by atoms with Gasteiger partial charge in [0.05, 0.1) is 13.2 Å². The lowest BCUT2D eigenvalue weighted by atomic mass is 10.2. The average molecular weight is 222 g/mol. The van der Waals surface area contributed by atoms with Gasteiger partial charge in [0, 0.05) is 26.9 Å². The van der Waals surface area contributed by atoms with Crippen LogP contribution in [0.1, 0.15) is 13.3 Å². The quantitative estimate of drug-likeness (QED) is 0.450. The van der Waals surface area contributed by atoms with Gasteiger partial charge in [0.2, 0.25) is 0 Å². The minimum atomic E-state index is 0.535. The smallest absolute Gasteiger partial charge is 0.0700 e. The molecule has 1 atom stereocenters. The van der Waals surface area contributed by atoms with E-state index < -0.39 is 0 Å². The maximum Gasteiger partial charge on any atom is 0.0700 e. The third-order valence-electron chi connectivity index (χ3n) is 1.72. The van der Waals surface area contributed by atoms with Crippen LogP contribution in [0.3, 0.4) is 0 Å². The van der Waals surface area contributed by atoms with Crippen LogP contribution in [0.5, 0.6) is 0 Å². The van der Waals surface area contributed by atoms with Crippen LogP contribution in [-0.4, -0.2) is 45.9 Å². The van der Waals surface area contributed by atoms with E-state index in [0.29, 0.717) is 19.1 Å². The summed E-state index contributed by atoms with van der Waals surface area (Å²) in [5, 5.41) is 0. The highest BCUT2D eigenvalue weighted by molar-refractivity contribution is 7.80. The number of hydrogen-bond donors (Lipinski definition) is 1. The van der Waals surface area contributed by atoms with Gasteiger partial charge in [-0.15, -0.1) is 0 Å². The van der Waals surface area contributed by atoms with Crippen molar-refractivity contribution in [2.24, 2.45) is 5.92 Å². The van der Waals surface area contributed by atoms with Gasteiger partial charge in [-0.1, -0.05) is 6.92 Å². The SMILES string of the molecule is COCCOCCCOCC(C)CS. The van der Waals surface area contributed by atoms with E-state index in [4.69, 9.17) is 14.2 Å². The highest BCUT2D eigenvalue weighted by Gasteiger charge is 1.98. The van der Waals surface area contributed by atoms with Crippen molar-refractivity contribution in [1.82, 2.24) is 0 Å². The zero-order chi connectivity index (χ0) is 10.6. The molecular formula is C10H22O3S. The lowest BCUT2D eigenvalue weighted by Crippen LogP contribution is -2.10. The molecule has 0 aliphatic rings. The Morgan fingerprint density at radius 2 is 1.79 bits per heavy atom. The van der Waals surface area contributed by atoms with E-state index in [-0.39, 0.29) is 0 Å². The predicted octanol–water partition coefficient (Wildman–Crippen LogP) is 1.62. The van der Waals surface area contributed by atoms with E-state index in [1.54, 1.807) is 7.11 Å². The minimum Gasteiger partial charge on any atom is -0.382 e. The Hall–Kier alpha value is 0.230. The van der Waals surface area contributed by atoms with Crippen molar-refractivity contribution in [2.45, 2.75) is 13.3 Å². The van der Waals surface area contributed by atoms with E-state index >= 15 is 0 Å². The van der Waals surface area contributed by atoms with Gasteiger partial charge in [-0.2, -0.15) is 12.6 Å². The van der Waals surface area contributed by atoms with Crippen molar-refractivity contribution in [3.8, 4) is 0 Å². The van der Waals surface area contributed by atoms with Gasteiger partial charge in [0.1, 0.15) is 0 Å². The monoisotopic (exact) mass is 222 g/mol. The summed E-state index contributed by atoms with van der Waals surface area (Å²) in [5.74, 6) is 1.41. The molecule has 4 heteroatoms. The number of rotatable bonds is 10. The van der Waals surface area contributed by atoms with Gasteiger partial charge in [0.15, 0.2) is 0 Å². The molecule has 0 aliphatic carbocycles. The first kappa shape index (κ1) is 14.2. The molecule has 1 unspecified atom stereocenters. The lowest BCUT2D eigenvalue weighted by Gasteiger charge is -2.08. The number of methoxy groups -OCH3 is 1. The summed E-state index contributed by atoms with van der Waals surface area (Å²) < 4.78 is 15.6. The molecule has 0 saturated heterocycles. The molecule has 0 amide bonds. The molecule has 0 rings (SSSR count). The van der Waals surface area contributed by atoms with Gasteiger partial charge < -0.3 is 14.2 Å². The summed E-state index contributed by atoms with van der Waals surface area (Å²) in [7, 11) is 1.67. The van der Waals surface area contributed by atoms with Gasteiger partial charge >= 0.3 is 0 Å². The summed E-state index contributed by atoms with van der Waals surface area (Å²) >= 11 is 4.18. The first-order valence-electron chi connectivity index (χ1n) is 5.06. The Labute approximate surface area is 92.5 Å². The third-order valence-corrected chi connectivity index (χ3v) is 2.35. The fourth-order valence-electron chi connectivity index (χ4n) is 0.845. The van der Waals surface area contributed by atoms with E-state index in [1.807, 2.05) is 0 Å². The van der Waals surface area contributed by atoms with E-state index in [0.717, 1.165) is 32.0 Å². The molecular weight excluding hydrogens is 200 g/mol. The van der Waals surface area contributed by atoms with Crippen molar-refractivity contribution in [3.63, 3.8) is 0 Å². The molecule has 14 heavy (non-hydrogen) atoms. The summed E-state index contributed by atoms with van der Waals surface area (Å²) in [5.41, 5.74) is 0. The fraction of sp³-hybridized carbons (Fsp3) is 1.00. The maximum absolute atomic E-state index is 5.43. The molecule has 0 N–H and O–H groups in total. The highest BCUT2D eigenvalue weighted by atomic mass is 32.1. The standard InChI is InChI=1S/C10H22O3S/c1-10(9-14)8-13-5-3-4-12-7-6-11-2/h10,14H,3-9H2,1-2H3. The Bertz CT molecular complexity index is 112. The summed E-state index contributed by atoms with van der Waals surface area (Å²) in [6.07, 6.45) is 0.947. The third kappa shape index (κ3) is 10.3. The van der Waals surface area contributed by atoms with E-state index in [1.165, 1.54) is 0 Å². The molecule has 0 heterocycles. The molecule has 0 bridgehead atoms. The second-order valence-electron chi connectivity index (χ2n) is 3.32. The topological polar surface area (TPSA) is 27.7 Å². The van der Waals surface area contributed by atoms with Crippen LogP contribution >= 0.6 is 12.6 Å².